The molecule has 7 nitrogen and oxygen atoms in total. The number of nitrogens with one attached hydrogen (secondary N) is 2. The van der Waals surface area contributed by atoms with Gasteiger partial charge in [0.1, 0.15) is 11.5 Å². The molecule has 7 heteroatoms. The van der Waals surface area contributed by atoms with E-state index in [-0.39, 0.29) is 5.91 Å². The zero-order chi connectivity index (χ0) is 19.8. The Labute approximate surface area is 170 Å². The summed E-state index contributed by atoms with van der Waals surface area (Å²) in [6, 6.07) is 12.5. The van der Waals surface area contributed by atoms with Gasteiger partial charge in [0.2, 0.25) is 0 Å². The molecule has 0 spiro atoms. The van der Waals surface area contributed by atoms with Gasteiger partial charge in [0, 0.05) is 36.7 Å². The smallest absolute Gasteiger partial charge is 0.270 e. The fourth-order valence-corrected chi connectivity index (χ4v) is 4.52. The lowest BCUT2D eigenvalue weighted by Crippen LogP contribution is -2.38. The first kappa shape index (κ1) is 18.2. The summed E-state index contributed by atoms with van der Waals surface area (Å²) >= 11 is 0. The fourth-order valence-electron chi connectivity index (χ4n) is 4.52. The van der Waals surface area contributed by atoms with E-state index in [0.717, 1.165) is 54.6 Å². The van der Waals surface area contributed by atoms with Crippen molar-refractivity contribution in [3.8, 4) is 0 Å². The maximum absolute atomic E-state index is 13.0. The van der Waals surface area contributed by atoms with Crippen LogP contribution in [0, 0.1) is 0 Å². The second-order valence-electron chi connectivity index (χ2n) is 8.09. The highest BCUT2D eigenvalue weighted by Crippen LogP contribution is 2.25. The van der Waals surface area contributed by atoms with E-state index >= 15 is 0 Å². The van der Waals surface area contributed by atoms with Crippen LogP contribution in [-0.2, 0) is 17.8 Å². The Morgan fingerprint density at radius 2 is 2.00 bits per heavy atom. The number of amides is 1. The van der Waals surface area contributed by atoms with Gasteiger partial charge in [0.15, 0.2) is 0 Å². The van der Waals surface area contributed by atoms with Crippen molar-refractivity contribution in [2.45, 2.75) is 50.9 Å². The fraction of sp³-hybridized carbons (Fsp3) is 0.455. The molecule has 3 heterocycles. The summed E-state index contributed by atoms with van der Waals surface area (Å²) in [6.07, 6.45) is 4.79. The Kier molecular flexibility index (Phi) is 4.75. The van der Waals surface area contributed by atoms with Crippen LogP contribution in [0.4, 0.5) is 5.82 Å². The molecule has 0 radical (unpaired) electrons. The van der Waals surface area contributed by atoms with Gasteiger partial charge < -0.3 is 19.9 Å². The van der Waals surface area contributed by atoms with Crippen LogP contribution in [-0.4, -0.2) is 51.4 Å². The number of benzene rings is 1. The minimum atomic E-state index is 0.0426. The molecular formula is C22H27N5O2. The first-order chi connectivity index (χ1) is 14.2. The minimum absolute atomic E-state index is 0.0426. The molecule has 152 valence electrons. The first-order valence-electron chi connectivity index (χ1n) is 10.4. The maximum atomic E-state index is 13.0. The zero-order valence-corrected chi connectivity index (χ0v) is 16.7. The van der Waals surface area contributed by atoms with E-state index in [0.29, 0.717) is 30.9 Å². The van der Waals surface area contributed by atoms with E-state index in [2.05, 4.69) is 16.4 Å². The van der Waals surface area contributed by atoms with Gasteiger partial charge >= 0.3 is 0 Å². The van der Waals surface area contributed by atoms with Crippen LogP contribution < -0.4 is 5.32 Å². The SMILES string of the molecule is COC1CCC(Nc2cc3n(n2)CCN(C(=O)c2cc4ccccc4[nH]2)C3)CC1. The summed E-state index contributed by atoms with van der Waals surface area (Å²) in [5.74, 6) is 0.960. The van der Waals surface area contributed by atoms with Crippen LogP contribution in [0.3, 0.4) is 0 Å². The third kappa shape index (κ3) is 3.62. The predicted octanol–water partition coefficient (Wildman–Crippen LogP) is 3.39. The molecule has 1 aliphatic heterocycles. The summed E-state index contributed by atoms with van der Waals surface area (Å²) in [4.78, 5) is 18.1. The lowest BCUT2D eigenvalue weighted by atomic mass is 9.93. The number of aromatic amines is 1. The summed E-state index contributed by atoms with van der Waals surface area (Å²) < 4.78 is 7.48. The number of aromatic nitrogens is 3. The quantitative estimate of drug-likeness (QED) is 0.712. The van der Waals surface area contributed by atoms with Gasteiger partial charge in [0.25, 0.3) is 5.91 Å². The Bertz CT molecular complexity index is 982. The molecule has 2 N–H and O–H groups in total. The van der Waals surface area contributed by atoms with E-state index in [9.17, 15) is 4.79 Å². The lowest BCUT2D eigenvalue weighted by molar-refractivity contribution is 0.0681. The number of carbonyl (C=O) groups is 1. The molecule has 1 aliphatic carbocycles. The van der Waals surface area contributed by atoms with E-state index in [4.69, 9.17) is 9.84 Å². The third-order valence-corrected chi connectivity index (χ3v) is 6.21. The van der Waals surface area contributed by atoms with Crippen molar-refractivity contribution < 1.29 is 9.53 Å². The standard InChI is InChI=1S/C22H27N5O2/c1-29-18-8-6-16(7-9-18)23-21-13-17-14-26(10-11-27(17)25-21)22(28)20-12-15-4-2-3-5-19(15)24-20/h2-5,12-13,16,18,24H,6-11,14H2,1H3,(H,23,25). The van der Waals surface area contributed by atoms with E-state index < -0.39 is 0 Å². The van der Waals surface area contributed by atoms with Crippen molar-refractivity contribution in [2.75, 3.05) is 19.0 Å². The molecule has 0 saturated heterocycles. The lowest BCUT2D eigenvalue weighted by Gasteiger charge is -2.28. The number of para-hydroxylation sites is 1. The Hall–Kier alpha value is -2.80. The number of hydrogen-bond donors (Lipinski definition) is 2. The largest absolute Gasteiger partial charge is 0.381 e. The number of nitrogens with zero attached hydrogens (tertiary/aromatic N) is 3. The molecule has 3 aromatic rings. The number of hydrogen-bond acceptors (Lipinski definition) is 4. The molecule has 0 unspecified atom stereocenters. The highest BCUT2D eigenvalue weighted by atomic mass is 16.5. The van der Waals surface area contributed by atoms with Gasteiger partial charge in [0.05, 0.1) is 24.9 Å². The molecular weight excluding hydrogens is 366 g/mol. The van der Waals surface area contributed by atoms with Crippen molar-refractivity contribution in [3.63, 3.8) is 0 Å². The van der Waals surface area contributed by atoms with Crippen molar-refractivity contribution >= 4 is 22.6 Å². The number of methoxy groups -OCH3 is 1. The first-order valence-corrected chi connectivity index (χ1v) is 10.4. The monoisotopic (exact) mass is 393 g/mol. The molecule has 1 fully saturated rings. The molecule has 5 rings (SSSR count). The van der Waals surface area contributed by atoms with Gasteiger partial charge in [-0.25, -0.2) is 0 Å². The summed E-state index contributed by atoms with van der Waals surface area (Å²) in [6.45, 7) is 1.97. The molecule has 1 aromatic carbocycles. The Morgan fingerprint density at radius 3 is 2.79 bits per heavy atom. The van der Waals surface area contributed by atoms with Crippen molar-refractivity contribution in [2.24, 2.45) is 0 Å². The number of ether oxygens (including phenoxy) is 1. The van der Waals surface area contributed by atoms with Crippen LogP contribution in [0.2, 0.25) is 0 Å². The van der Waals surface area contributed by atoms with Crippen molar-refractivity contribution in [1.29, 1.82) is 0 Å². The average molecular weight is 393 g/mol. The highest BCUT2D eigenvalue weighted by molar-refractivity contribution is 5.98. The molecule has 29 heavy (non-hydrogen) atoms. The molecule has 2 aromatic heterocycles. The van der Waals surface area contributed by atoms with Crippen molar-refractivity contribution in [3.05, 3.63) is 47.8 Å². The van der Waals surface area contributed by atoms with Gasteiger partial charge in [-0.15, -0.1) is 0 Å². The number of rotatable bonds is 4. The summed E-state index contributed by atoms with van der Waals surface area (Å²) in [7, 11) is 1.80. The molecule has 0 bridgehead atoms. The second kappa shape index (κ2) is 7.55. The predicted molar refractivity (Wildman–Crippen MR) is 112 cm³/mol. The Balaban J connectivity index is 1.25. The van der Waals surface area contributed by atoms with Crippen LogP contribution >= 0.6 is 0 Å². The number of fused-ring (bicyclic) bond motifs is 2. The van der Waals surface area contributed by atoms with Gasteiger partial charge in [-0.3, -0.25) is 9.48 Å². The van der Waals surface area contributed by atoms with Gasteiger partial charge in [-0.05, 0) is 37.8 Å². The number of anilines is 1. The van der Waals surface area contributed by atoms with Crippen LogP contribution in [0.5, 0.6) is 0 Å². The molecule has 1 amide bonds. The molecule has 1 saturated carbocycles. The topological polar surface area (TPSA) is 75.2 Å². The van der Waals surface area contributed by atoms with E-state index in [1.807, 2.05) is 39.9 Å². The molecule has 2 aliphatic rings. The van der Waals surface area contributed by atoms with Crippen LogP contribution in [0.1, 0.15) is 41.9 Å². The van der Waals surface area contributed by atoms with Gasteiger partial charge in [-0.2, -0.15) is 5.10 Å². The maximum Gasteiger partial charge on any atom is 0.270 e. The Morgan fingerprint density at radius 1 is 1.17 bits per heavy atom. The minimum Gasteiger partial charge on any atom is -0.381 e. The number of carbonyl (C=O) groups excluding carboxylic acids is 1. The van der Waals surface area contributed by atoms with Crippen molar-refractivity contribution in [1.82, 2.24) is 19.7 Å². The third-order valence-electron chi connectivity index (χ3n) is 6.21. The molecule has 0 atom stereocenters. The zero-order valence-electron chi connectivity index (χ0n) is 16.7. The van der Waals surface area contributed by atoms with Crippen LogP contribution in [0.25, 0.3) is 10.9 Å². The summed E-state index contributed by atoms with van der Waals surface area (Å²) in [5.41, 5.74) is 2.72. The highest BCUT2D eigenvalue weighted by Gasteiger charge is 2.26. The average Bonchev–Trinajstić information content (AvgIpc) is 3.36. The normalized spacial score (nSPS) is 21.9. The van der Waals surface area contributed by atoms with E-state index in [1.165, 1.54) is 0 Å². The van der Waals surface area contributed by atoms with Gasteiger partial charge in [-0.1, -0.05) is 18.2 Å². The number of H-pyrrole nitrogens is 1. The van der Waals surface area contributed by atoms with Crippen LogP contribution in [0.15, 0.2) is 36.4 Å². The van der Waals surface area contributed by atoms with E-state index in [1.54, 1.807) is 7.11 Å². The second-order valence-corrected chi connectivity index (χ2v) is 8.09. The summed E-state index contributed by atoms with van der Waals surface area (Å²) in [5, 5.41) is 9.36.